The van der Waals surface area contributed by atoms with Crippen molar-refractivity contribution in [2.45, 2.75) is 59.7 Å². The number of anilines is 1. The molecular formula is C24H33N3O3. The smallest absolute Gasteiger partial charge is 0.408 e. The molecule has 0 aliphatic carbocycles. The van der Waals surface area contributed by atoms with Crippen molar-refractivity contribution in [1.29, 1.82) is 0 Å². The van der Waals surface area contributed by atoms with E-state index in [1.54, 1.807) is 20.8 Å². The average Bonchev–Trinajstić information content (AvgIpc) is 2.65. The molecule has 0 saturated heterocycles. The van der Waals surface area contributed by atoms with Gasteiger partial charge in [0.2, 0.25) is 0 Å². The first kappa shape index (κ1) is 23.4. The standard InChI is InChI=1S/C24H33N3O3/c1-17(2)21(26-23(29)30-24(4,5)6)22(28)27(20-14-10-11-18(3)15-20)25-16-19-12-8-7-9-13-19/h7-15,17,21,25H,16H2,1-6H3,(H,26,29). The van der Waals surface area contributed by atoms with Crippen LogP contribution in [0.5, 0.6) is 0 Å². The summed E-state index contributed by atoms with van der Waals surface area (Å²) in [7, 11) is 0. The van der Waals surface area contributed by atoms with Crippen LogP contribution in [0.2, 0.25) is 0 Å². The van der Waals surface area contributed by atoms with Crippen LogP contribution in [0.3, 0.4) is 0 Å². The first-order chi connectivity index (χ1) is 14.1. The Morgan fingerprint density at radius 2 is 1.70 bits per heavy atom. The monoisotopic (exact) mass is 411 g/mol. The van der Waals surface area contributed by atoms with Gasteiger partial charge in [-0.15, -0.1) is 0 Å². The van der Waals surface area contributed by atoms with Gasteiger partial charge in [-0.25, -0.2) is 15.2 Å². The minimum atomic E-state index is -0.747. The number of nitrogens with one attached hydrogen (secondary N) is 2. The Hall–Kier alpha value is -2.86. The normalized spacial score (nSPS) is 12.4. The van der Waals surface area contributed by atoms with E-state index >= 15 is 0 Å². The summed E-state index contributed by atoms with van der Waals surface area (Å²) in [6.45, 7) is 11.6. The third-order valence-corrected chi connectivity index (χ3v) is 4.37. The fourth-order valence-corrected chi connectivity index (χ4v) is 2.92. The lowest BCUT2D eigenvalue weighted by molar-refractivity contribution is -0.122. The van der Waals surface area contributed by atoms with E-state index in [1.807, 2.05) is 75.4 Å². The molecule has 0 fully saturated rings. The molecule has 6 nitrogen and oxygen atoms in total. The van der Waals surface area contributed by atoms with Crippen molar-refractivity contribution in [2.75, 3.05) is 5.01 Å². The number of benzene rings is 2. The second kappa shape index (κ2) is 10.3. The van der Waals surface area contributed by atoms with Gasteiger partial charge in [0.25, 0.3) is 5.91 Å². The summed E-state index contributed by atoms with van der Waals surface area (Å²) in [4.78, 5) is 25.9. The van der Waals surface area contributed by atoms with Crippen LogP contribution in [-0.4, -0.2) is 23.6 Å². The number of carbonyl (C=O) groups is 2. The number of amides is 2. The second-order valence-corrected chi connectivity index (χ2v) is 8.70. The fraction of sp³-hybridized carbons (Fsp3) is 0.417. The molecule has 162 valence electrons. The van der Waals surface area contributed by atoms with E-state index in [2.05, 4.69) is 10.7 Å². The molecule has 30 heavy (non-hydrogen) atoms. The van der Waals surface area contributed by atoms with Crippen molar-refractivity contribution in [3.8, 4) is 0 Å². The predicted molar refractivity (Wildman–Crippen MR) is 120 cm³/mol. The Bertz CT molecular complexity index is 844. The maximum atomic E-state index is 13.5. The number of carbonyl (C=O) groups excluding carboxylic acids is 2. The predicted octanol–water partition coefficient (Wildman–Crippen LogP) is 4.58. The molecule has 1 atom stereocenters. The van der Waals surface area contributed by atoms with Gasteiger partial charge in [-0.2, -0.15) is 0 Å². The summed E-state index contributed by atoms with van der Waals surface area (Å²) in [5.41, 5.74) is 5.38. The Morgan fingerprint density at radius 3 is 2.27 bits per heavy atom. The van der Waals surface area contributed by atoms with Gasteiger partial charge in [0.05, 0.1) is 5.69 Å². The molecule has 0 aliphatic rings. The van der Waals surface area contributed by atoms with Crippen molar-refractivity contribution in [2.24, 2.45) is 5.92 Å². The van der Waals surface area contributed by atoms with E-state index in [9.17, 15) is 9.59 Å². The third-order valence-electron chi connectivity index (χ3n) is 4.37. The van der Waals surface area contributed by atoms with Gasteiger partial charge in [0, 0.05) is 6.54 Å². The number of hydrazine groups is 1. The molecule has 2 amide bonds. The fourth-order valence-electron chi connectivity index (χ4n) is 2.92. The van der Waals surface area contributed by atoms with Gasteiger partial charge < -0.3 is 10.1 Å². The highest BCUT2D eigenvalue weighted by Crippen LogP contribution is 2.18. The number of alkyl carbamates (subject to hydrolysis) is 1. The summed E-state index contributed by atoms with van der Waals surface area (Å²) < 4.78 is 5.36. The first-order valence-corrected chi connectivity index (χ1v) is 10.2. The summed E-state index contributed by atoms with van der Waals surface area (Å²) in [5, 5.41) is 4.26. The molecule has 0 aromatic heterocycles. The zero-order valence-electron chi connectivity index (χ0n) is 18.7. The molecular weight excluding hydrogens is 378 g/mol. The average molecular weight is 412 g/mol. The SMILES string of the molecule is Cc1cccc(N(NCc2ccccc2)C(=O)C(NC(=O)OC(C)(C)C)C(C)C)c1. The Labute approximate surface area is 179 Å². The topological polar surface area (TPSA) is 70.7 Å². The molecule has 2 aromatic rings. The third kappa shape index (κ3) is 7.19. The Kier molecular flexibility index (Phi) is 8.00. The summed E-state index contributed by atoms with van der Waals surface area (Å²) >= 11 is 0. The van der Waals surface area contributed by atoms with Gasteiger partial charge in [-0.1, -0.05) is 56.3 Å². The molecule has 2 aromatic carbocycles. The number of rotatable bonds is 7. The van der Waals surface area contributed by atoms with Gasteiger partial charge in [0.1, 0.15) is 11.6 Å². The molecule has 0 heterocycles. The molecule has 0 radical (unpaired) electrons. The van der Waals surface area contributed by atoms with Crippen molar-refractivity contribution < 1.29 is 14.3 Å². The Balaban J connectivity index is 2.27. The summed E-state index contributed by atoms with van der Waals surface area (Å²) in [6.07, 6.45) is -0.609. The van der Waals surface area contributed by atoms with Crippen molar-refractivity contribution in [3.63, 3.8) is 0 Å². The molecule has 2 rings (SSSR count). The van der Waals surface area contributed by atoms with Crippen LogP contribution in [0.25, 0.3) is 0 Å². The van der Waals surface area contributed by atoms with Crippen LogP contribution in [0.15, 0.2) is 54.6 Å². The van der Waals surface area contributed by atoms with Gasteiger partial charge in [-0.05, 0) is 56.9 Å². The number of hydrogen-bond acceptors (Lipinski definition) is 4. The lowest BCUT2D eigenvalue weighted by Gasteiger charge is -2.31. The first-order valence-electron chi connectivity index (χ1n) is 10.2. The highest BCUT2D eigenvalue weighted by molar-refractivity contribution is 5.98. The second-order valence-electron chi connectivity index (χ2n) is 8.70. The van der Waals surface area contributed by atoms with E-state index in [0.717, 1.165) is 11.1 Å². The van der Waals surface area contributed by atoms with E-state index in [4.69, 9.17) is 4.74 Å². The number of nitrogens with zero attached hydrogens (tertiary/aromatic N) is 1. The highest BCUT2D eigenvalue weighted by Gasteiger charge is 2.31. The van der Waals surface area contributed by atoms with Gasteiger partial charge in [0.15, 0.2) is 0 Å². The molecule has 6 heteroatoms. The Morgan fingerprint density at radius 1 is 1.03 bits per heavy atom. The van der Waals surface area contributed by atoms with E-state index < -0.39 is 17.7 Å². The van der Waals surface area contributed by atoms with E-state index in [1.165, 1.54) is 5.01 Å². The maximum Gasteiger partial charge on any atom is 0.408 e. The van der Waals surface area contributed by atoms with Crippen molar-refractivity contribution >= 4 is 17.7 Å². The molecule has 0 spiro atoms. The zero-order valence-corrected chi connectivity index (χ0v) is 18.7. The minimum Gasteiger partial charge on any atom is -0.444 e. The van der Waals surface area contributed by atoms with E-state index in [0.29, 0.717) is 12.2 Å². The maximum absolute atomic E-state index is 13.5. The molecule has 2 N–H and O–H groups in total. The van der Waals surface area contributed by atoms with Crippen LogP contribution in [0, 0.1) is 12.8 Å². The highest BCUT2D eigenvalue weighted by atomic mass is 16.6. The number of hydrogen-bond donors (Lipinski definition) is 2. The lowest BCUT2D eigenvalue weighted by Crippen LogP contribution is -2.56. The molecule has 0 saturated carbocycles. The summed E-state index contributed by atoms with van der Waals surface area (Å²) in [5.74, 6) is -0.381. The van der Waals surface area contributed by atoms with Crippen LogP contribution in [-0.2, 0) is 16.1 Å². The van der Waals surface area contributed by atoms with Gasteiger partial charge >= 0.3 is 6.09 Å². The van der Waals surface area contributed by atoms with Crippen LogP contribution in [0.4, 0.5) is 10.5 Å². The van der Waals surface area contributed by atoms with Crippen molar-refractivity contribution in [1.82, 2.24) is 10.7 Å². The quantitative estimate of drug-likeness (QED) is 0.654. The van der Waals surface area contributed by atoms with Crippen LogP contribution in [0.1, 0.15) is 45.7 Å². The minimum absolute atomic E-state index is 0.129. The molecule has 0 bridgehead atoms. The summed E-state index contributed by atoms with van der Waals surface area (Å²) in [6, 6.07) is 16.8. The van der Waals surface area contributed by atoms with Crippen LogP contribution < -0.4 is 15.8 Å². The lowest BCUT2D eigenvalue weighted by atomic mass is 10.0. The number of ether oxygens (including phenoxy) is 1. The molecule has 0 aliphatic heterocycles. The number of aryl methyl sites for hydroxylation is 1. The van der Waals surface area contributed by atoms with Crippen molar-refractivity contribution in [3.05, 3.63) is 65.7 Å². The zero-order chi connectivity index (χ0) is 22.3. The molecule has 1 unspecified atom stereocenters. The van der Waals surface area contributed by atoms with Crippen LogP contribution >= 0.6 is 0 Å². The van der Waals surface area contributed by atoms with Gasteiger partial charge in [-0.3, -0.25) is 4.79 Å². The largest absolute Gasteiger partial charge is 0.444 e. The van der Waals surface area contributed by atoms with E-state index in [-0.39, 0.29) is 11.8 Å².